The number of amides is 2. The van der Waals surface area contributed by atoms with Crippen LogP contribution in [0.4, 0.5) is 5.69 Å². The molecule has 0 spiro atoms. The molecule has 0 aliphatic carbocycles. The highest BCUT2D eigenvalue weighted by atomic mass is 32.1. The molecule has 1 aromatic carbocycles. The van der Waals surface area contributed by atoms with Crippen LogP contribution in [0.25, 0.3) is 0 Å². The highest BCUT2D eigenvalue weighted by molar-refractivity contribution is 7.13. The molecule has 0 unspecified atom stereocenters. The van der Waals surface area contributed by atoms with E-state index in [9.17, 15) is 9.59 Å². The molecule has 2 amide bonds. The zero-order chi connectivity index (χ0) is 20.5. The van der Waals surface area contributed by atoms with Crippen molar-refractivity contribution in [2.45, 2.75) is 12.8 Å². The zero-order valence-corrected chi connectivity index (χ0v) is 17.2. The van der Waals surface area contributed by atoms with Crippen molar-refractivity contribution in [3.8, 4) is 5.75 Å². The molecule has 1 aromatic heterocycles. The van der Waals surface area contributed by atoms with E-state index >= 15 is 0 Å². The number of hydrogen-bond donors (Lipinski definition) is 2. The van der Waals surface area contributed by atoms with Gasteiger partial charge in [0.05, 0.1) is 20.3 Å². The lowest BCUT2D eigenvalue weighted by molar-refractivity contribution is -0.121. The molecule has 0 bridgehead atoms. The van der Waals surface area contributed by atoms with Crippen LogP contribution in [0.3, 0.4) is 0 Å². The topological polar surface area (TPSA) is 106 Å². The molecule has 0 atom stereocenters. The van der Waals surface area contributed by atoms with Crippen molar-refractivity contribution in [2.24, 2.45) is 0 Å². The largest absolute Gasteiger partial charge is 0.497 e. The second kappa shape index (κ2) is 10.8. The second-order valence-electron chi connectivity index (χ2n) is 6.49. The van der Waals surface area contributed by atoms with Crippen LogP contribution in [0.15, 0.2) is 24.3 Å². The van der Waals surface area contributed by atoms with Gasteiger partial charge in [-0.1, -0.05) is 11.3 Å². The Morgan fingerprint density at radius 3 is 2.69 bits per heavy atom. The lowest BCUT2D eigenvalue weighted by atomic mass is 10.3. The Bertz CT molecular complexity index is 805. The van der Waals surface area contributed by atoms with E-state index in [1.54, 1.807) is 31.4 Å². The quantitative estimate of drug-likeness (QED) is 0.629. The number of aromatic nitrogens is 2. The first-order valence-corrected chi connectivity index (χ1v) is 10.3. The van der Waals surface area contributed by atoms with Crippen molar-refractivity contribution in [1.29, 1.82) is 0 Å². The molecule has 0 radical (unpaired) electrons. The Balaban J connectivity index is 1.38. The number of ether oxygens (including phenoxy) is 2. The van der Waals surface area contributed by atoms with Gasteiger partial charge in [-0.15, -0.1) is 10.2 Å². The highest BCUT2D eigenvalue weighted by Crippen LogP contribution is 2.17. The fraction of sp³-hybridized carbons (Fsp3) is 0.474. The van der Waals surface area contributed by atoms with Crippen LogP contribution < -0.4 is 15.4 Å². The number of hydrogen-bond acceptors (Lipinski definition) is 8. The molecule has 2 heterocycles. The number of aryl methyl sites for hydroxylation is 1. The predicted molar refractivity (Wildman–Crippen MR) is 109 cm³/mol. The lowest BCUT2D eigenvalue weighted by Gasteiger charge is -2.26. The van der Waals surface area contributed by atoms with E-state index in [0.717, 1.165) is 32.8 Å². The van der Waals surface area contributed by atoms with Gasteiger partial charge in [0.25, 0.3) is 5.91 Å². The minimum atomic E-state index is -0.325. The molecular weight excluding hydrogens is 394 g/mol. The van der Waals surface area contributed by atoms with Crippen molar-refractivity contribution >= 4 is 28.8 Å². The average molecular weight is 420 g/mol. The Labute approximate surface area is 173 Å². The zero-order valence-electron chi connectivity index (χ0n) is 16.3. The molecule has 1 aliphatic heterocycles. The van der Waals surface area contributed by atoms with Gasteiger partial charge >= 0.3 is 0 Å². The number of methoxy groups -OCH3 is 1. The van der Waals surface area contributed by atoms with Gasteiger partial charge in [-0.2, -0.15) is 0 Å². The molecule has 2 aromatic rings. The average Bonchev–Trinajstić information content (AvgIpc) is 3.23. The van der Waals surface area contributed by atoms with E-state index in [-0.39, 0.29) is 16.8 Å². The first-order chi connectivity index (χ1) is 14.1. The summed E-state index contributed by atoms with van der Waals surface area (Å²) in [6.45, 7) is 4.75. The van der Waals surface area contributed by atoms with Crippen LogP contribution in [-0.4, -0.2) is 73.4 Å². The van der Waals surface area contributed by atoms with Crippen molar-refractivity contribution in [1.82, 2.24) is 20.4 Å². The third-order valence-corrected chi connectivity index (χ3v) is 5.41. The summed E-state index contributed by atoms with van der Waals surface area (Å²) in [5.74, 6) is 0.357. The van der Waals surface area contributed by atoms with Crippen LogP contribution in [0.5, 0.6) is 5.75 Å². The molecule has 10 heteroatoms. The molecular formula is C19H25N5O4S. The van der Waals surface area contributed by atoms with Gasteiger partial charge in [-0.3, -0.25) is 14.5 Å². The molecule has 9 nitrogen and oxygen atoms in total. The standard InChI is InChI=1S/C19H25N5O4S/c1-27-15-4-2-14(3-5-15)21-18(26)19-23-22-17(29-19)7-6-16(25)20-8-9-24-10-12-28-13-11-24/h2-5H,6-13H2,1H3,(H,20,25)(H,21,26). The number of morpholine rings is 1. The monoisotopic (exact) mass is 419 g/mol. The number of carbonyl (C=O) groups excluding carboxylic acids is 2. The molecule has 156 valence electrons. The Morgan fingerprint density at radius 1 is 1.21 bits per heavy atom. The number of nitrogens with one attached hydrogen (secondary N) is 2. The third-order valence-electron chi connectivity index (χ3n) is 4.43. The maximum atomic E-state index is 12.3. The van der Waals surface area contributed by atoms with Crippen molar-refractivity contribution in [3.05, 3.63) is 34.3 Å². The summed E-state index contributed by atoms with van der Waals surface area (Å²) >= 11 is 1.20. The first kappa shape index (κ1) is 21.2. The summed E-state index contributed by atoms with van der Waals surface area (Å²) in [5.41, 5.74) is 0.646. The van der Waals surface area contributed by atoms with Crippen LogP contribution >= 0.6 is 11.3 Å². The van der Waals surface area contributed by atoms with Crippen LogP contribution in [0, 0.1) is 0 Å². The minimum absolute atomic E-state index is 0.0299. The number of anilines is 1. The number of rotatable bonds is 9. The van der Waals surface area contributed by atoms with Crippen LogP contribution in [0.1, 0.15) is 21.2 Å². The van der Waals surface area contributed by atoms with E-state index in [4.69, 9.17) is 9.47 Å². The second-order valence-corrected chi connectivity index (χ2v) is 7.55. The van der Waals surface area contributed by atoms with E-state index in [2.05, 4.69) is 25.7 Å². The summed E-state index contributed by atoms with van der Waals surface area (Å²) in [5, 5.41) is 14.6. The van der Waals surface area contributed by atoms with Gasteiger partial charge in [0.15, 0.2) is 0 Å². The third kappa shape index (κ3) is 6.77. The Hall–Kier alpha value is -2.56. The number of benzene rings is 1. The Morgan fingerprint density at radius 2 is 1.97 bits per heavy atom. The predicted octanol–water partition coefficient (Wildman–Crippen LogP) is 1.18. The van der Waals surface area contributed by atoms with Crippen molar-refractivity contribution in [2.75, 3.05) is 51.8 Å². The van der Waals surface area contributed by atoms with Gasteiger partial charge in [-0.05, 0) is 24.3 Å². The molecule has 1 fully saturated rings. The van der Waals surface area contributed by atoms with Crippen molar-refractivity contribution < 1.29 is 19.1 Å². The van der Waals surface area contributed by atoms with Crippen molar-refractivity contribution in [3.63, 3.8) is 0 Å². The van der Waals surface area contributed by atoms with Crippen LogP contribution in [-0.2, 0) is 16.0 Å². The van der Waals surface area contributed by atoms with Gasteiger partial charge in [-0.25, -0.2) is 0 Å². The van der Waals surface area contributed by atoms with Gasteiger partial charge in [0, 0.05) is 44.7 Å². The first-order valence-electron chi connectivity index (χ1n) is 9.48. The maximum absolute atomic E-state index is 12.3. The molecule has 1 aliphatic rings. The van der Waals surface area contributed by atoms with Gasteiger partial charge in [0.1, 0.15) is 10.8 Å². The minimum Gasteiger partial charge on any atom is -0.497 e. The molecule has 3 rings (SSSR count). The molecule has 2 N–H and O–H groups in total. The fourth-order valence-electron chi connectivity index (χ4n) is 2.79. The van der Waals surface area contributed by atoms with E-state index in [1.165, 1.54) is 11.3 Å². The maximum Gasteiger partial charge on any atom is 0.286 e. The van der Waals surface area contributed by atoms with E-state index < -0.39 is 0 Å². The summed E-state index contributed by atoms with van der Waals surface area (Å²) in [7, 11) is 1.58. The SMILES string of the molecule is COc1ccc(NC(=O)c2nnc(CCC(=O)NCCN3CCOCC3)s2)cc1. The number of nitrogens with zero attached hydrogens (tertiary/aromatic N) is 3. The highest BCUT2D eigenvalue weighted by Gasteiger charge is 2.14. The normalized spacial score (nSPS) is 14.4. The molecule has 29 heavy (non-hydrogen) atoms. The van der Waals surface area contributed by atoms with Crippen LogP contribution in [0.2, 0.25) is 0 Å². The summed E-state index contributed by atoms with van der Waals surface area (Å²) in [6, 6.07) is 7.03. The van der Waals surface area contributed by atoms with E-state index in [1.807, 2.05) is 0 Å². The number of carbonyl (C=O) groups is 2. The smallest absolute Gasteiger partial charge is 0.286 e. The lowest BCUT2D eigenvalue weighted by Crippen LogP contribution is -2.41. The summed E-state index contributed by atoms with van der Waals surface area (Å²) in [4.78, 5) is 26.6. The van der Waals surface area contributed by atoms with Gasteiger partial charge < -0.3 is 20.1 Å². The summed E-state index contributed by atoms with van der Waals surface area (Å²) in [6.07, 6.45) is 0.773. The molecule has 0 saturated carbocycles. The molecule has 1 saturated heterocycles. The summed E-state index contributed by atoms with van der Waals surface area (Å²) < 4.78 is 10.4. The van der Waals surface area contributed by atoms with E-state index in [0.29, 0.717) is 35.8 Å². The fourth-order valence-corrected chi connectivity index (χ4v) is 3.53. The Kier molecular flexibility index (Phi) is 7.91. The van der Waals surface area contributed by atoms with Gasteiger partial charge in [0.2, 0.25) is 10.9 Å².